The van der Waals surface area contributed by atoms with E-state index in [4.69, 9.17) is 4.74 Å². The molecule has 3 nitrogen and oxygen atoms in total. The molecular formula is C13H10FNO2. The molecule has 17 heavy (non-hydrogen) atoms. The zero-order valence-corrected chi connectivity index (χ0v) is 9.18. The first kappa shape index (κ1) is 11.3. The lowest BCUT2D eigenvalue weighted by Crippen LogP contribution is -1.94. The zero-order valence-electron chi connectivity index (χ0n) is 9.18. The van der Waals surface area contributed by atoms with Crippen LogP contribution in [0.15, 0.2) is 42.6 Å². The number of hydrogen-bond donors (Lipinski definition) is 0. The molecule has 0 fully saturated rings. The zero-order chi connectivity index (χ0) is 12.3. The number of ketones is 1. The van der Waals surface area contributed by atoms with Gasteiger partial charge in [-0.2, -0.15) is 0 Å². The highest BCUT2D eigenvalue weighted by molar-refractivity contribution is 5.93. The van der Waals surface area contributed by atoms with Gasteiger partial charge in [0.25, 0.3) is 0 Å². The lowest BCUT2D eigenvalue weighted by Gasteiger charge is -2.04. The number of nitrogens with zero attached hydrogens (tertiary/aromatic N) is 1. The summed E-state index contributed by atoms with van der Waals surface area (Å²) in [7, 11) is 0. The molecule has 0 saturated heterocycles. The Hall–Kier alpha value is -2.23. The van der Waals surface area contributed by atoms with E-state index in [1.807, 2.05) is 0 Å². The van der Waals surface area contributed by atoms with Crippen LogP contribution in [-0.4, -0.2) is 10.8 Å². The van der Waals surface area contributed by atoms with E-state index in [0.717, 1.165) is 0 Å². The molecule has 4 heteroatoms. The summed E-state index contributed by atoms with van der Waals surface area (Å²) in [5.74, 6) is 0.256. The van der Waals surface area contributed by atoms with Gasteiger partial charge >= 0.3 is 0 Å². The van der Waals surface area contributed by atoms with Crippen molar-refractivity contribution in [2.75, 3.05) is 0 Å². The lowest BCUT2D eigenvalue weighted by atomic mass is 10.2. The highest BCUT2D eigenvalue weighted by atomic mass is 19.1. The maximum atomic E-state index is 12.9. The van der Waals surface area contributed by atoms with Gasteiger partial charge < -0.3 is 4.74 Å². The third-order valence-corrected chi connectivity index (χ3v) is 2.16. The number of benzene rings is 1. The number of halogens is 1. The molecule has 0 amide bonds. The standard InChI is InChI=1S/C13H10FNO2/c1-9(16)10-5-6-13(15-8-10)17-12-4-2-3-11(14)7-12/h2-8H,1H3. The second-order valence-electron chi connectivity index (χ2n) is 3.50. The molecule has 86 valence electrons. The maximum absolute atomic E-state index is 12.9. The van der Waals surface area contributed by atoms with Crippen molar-refractivity contribution in [2.24, 2.45) is 0 Å². The van der Waals surface area contributed by atoms with Crippen molar-refractivity contribution in [1.82, 2.24) is 4.98 Å². The topological polar surface area (TPSA) is 39.2 Å². The van der Waals surface area contributed by atoms with Crippen molar-refractivity contribution in [2.45, 2.75) is 6.92 Å². The van der Waals surface area contributed by atoms with Crippen LogP contribution < -0.4 is 4.74 Å². The molecule has 0 N–H and O–H groups in total. The maximum Gasteiger partial charge on any atom is 0.219 e. The van der Waals surface area contributed by atoms with Gasteiger partial charge in [0.2, 0.25) is 5.88 Å². The SMILES string of the molecule is CC(=O)c1ccc(Oc2cccc(F)c2)nc1. The van der Waals surface area contributed by atoms with Crippen molar-refractivity contribution < 1.29 is 13.9 Å². The van der Waals surface area contributed by atoms with E-state index in [1.54, 1.807) is 24.3 Å². The first-order chi connectivity index (χ1) is 8.15. The van der Waals surface area contributed by atoms with Crippen molar-refractivity contribution in [3.8, 4) is 11.6 Å². The number of Topliss-reactive ketones (excluding diaryl/α,β-unsaturated/α-hetero) is 1. The van der Waals surface area contributed by atoms with Gasteiger partial charge in [-0.3, -0.25) is 4.79 Å². The summed E-state index contributed by atoms with van der Waals surface area (Å²) in [6, 6.07) is 8.96. The summed E-state index contributed by atoms with van der Waals surface area (Å²) in [6.45, 7) is 1.46. The molecule has 2 aromatic rings. The number of carbonyl (C=O) groups is 1. The minimum absolute atomic E-state index is 0.0604. The first-order valence-electron chi connectivity index (χ1n) is 5.05. The van der Waals surface area contributed by atoms with Crippen LogP contribution in [0, 0.1) is 5.82 Å². The Bertz CT molecular complexity index is 537. The Morgan fingerprint density at radius 3 is 2.71 bits per heavy atom. The quantitative estimate of drug-likeness (QED) is 0.761. The van der Waals surface area contributed by atoms with E-state index in [1.165, 1.54) is 25.3 Å². The van der Waals surface area contributed by atoms with Crippen LogP contribution >= 0.6 is 0 Å². The van der Waals surface area contributed by atoms with E-state index in [2.05, 4.69) is 4.98 Å². The predicted octanol–water partition coefficient (Wildman–Crippen LogP) is 3.22. The average molecular weight is 231 g/mol. The third kappa shape index (κ3) is 2.87. The highest BCUT2D eigenvalue weighted by Gasteiger charge is 2.02. The highest BCUT2D eigenvalue weighted by Crippen LogP contribution is 2.19. The molecule has 0 radical (unpaired) electrons. The minimum atomic E-state index is -0.372. The van der Waals surface area contributed by atoms with Crippen LogP contribution in [0.2, 0.25) is 0 Å². The largest absolute Gasteiger partial charge is 0.439 e. The molecule has 0 bridgehead atoms. The van der Waals surface area contributed by atoms with Crippen LogP contribution in [-0.2, 0) is 0 Å². The predicted molar refractivity (Wildman–Crippen MR) is 60.7 cm³/mol. The second-order valence-corrected chi connectivity index (χ2v) is 3.50. The van der Waals surface area contributed by atoms with Gasteiger partial charge in [0.1, 0.15) is 11.6 Å². The lowest BCUT2D eigenvalue weighted by molar-refractivity contribution is 0.101. The normalized spacial score (nSPS) is 10.0. The molecule has 0 spiro atoms. The van der Waals surface area contributed by atoms with Gasteiger partial charge in [-0.1, -0.05) is 6.07 Å². The first-order valence-corrected chi connectivity index (χ1v) is 5.05. The summed E-state index contributed by atoms with van der Waals surface area (Å²) < 4.78 is 18.2. The molecule has 0 saturated carbocycles. The van der Waals surface area contributed by atoms with Crippen LogP contribution in [0.1, 0.15) is 17.3 Å². The van der Waals surface area contributed by atoms with E-state index in [9.17, 15) is 9.18 Å². The summed E-state index contributed by atoms with van der Waals surface area (Å²) in [4.78, 5) is 15.0. The Labute approximate surface area is 97.9 Å². The Balaban J connectivity index is 2.16. The number of ether oxygens (including phenoxy) is 1. The van der Waals surface area contributed by atoms with Gasteiger partial charge in [-0.05, 0) is 25.1 Å². The molecule has 1 aromatic heterocycles. The molecule has 0 atom stereocenters. The van der Waals surface area contributed by atoms with Gasteiger partial charge in [0.15, 0.2) is 5.78 Å². The molecule has 0 aliphatic rings. The van der Waals surface area contributed by atoms with Gasteiger partial charge in [0.05, 0.1) is 0 Å². The molecular weight excluding hydrogens is 221 g/mol. The average Bonchev–Trinajstić information content (AvgIpc) is 2.29. The van der Waals surface area contributed by atoms with Crippen molar-refractivity contribution >= 4 is 5.78 Å². The Kier molecular flexibility index (Phi) is 3.14. The third-order valence-electron chi connectivity index (χ3n) is 2.16. The van der Waals surface area contributed by atoms with Crippen LogP contribution in [0.4, 0.5) is 4.39 Å². The summed E-state index contributed by atoms with van der Waals surface area (Å²) in [5.41, 5.74) is 0.511. The molecule has 1 heterocycles. The van der Waals surface area contributed by atoms with E-state index in [0.29, 0.717) is 17.2 Å². The number of aromatic nitrogens is 1. The Morgan fingerprint density at radius 2 is 2.12 bits per heavy atom. The van der Waals surface area contributed by atoms with Gasteiger partial charge in [-0.25, -0.2) is 9.37 Å². The van der Waals surface area contributed by atoms with Gasteiger partial charge in [0, 0.05) is 23.9 Å². The van der Waals surface area contributed by atoms with Crippen molar-refractivity contribution in [3.63, 3.8) is 0 Å². The Morgan fingerprint density at radius 1 is 1.29 bits per heavy atom. The van der Waals surface area contributed by atoms with Gasteiger partial charge in [-0.15, -0.1) is 0 Å². The number of hydrogen-bond acceptors (Lipinski definition) is 3. The minimum Gasteiger partial charge on any atom is -0.439 e. The van der Waals surface area contributed by atoms with E-state index in [-0.39, 0.29) is 11.6 Å². The number of pyridine rings is 1. The summed E-state index contributed by atoms with van der Waals surface area (Å²) in [5, 5.41) is 0. The van der Waals surface area contributed by atoms with Crippen molar-refractivity contribution in [1.29, 1.82) is 0 Å². The molecule has 0 aliphatic carbocycles. The van der Waals surface area contributed by atoms with Crippen LogP contribution in [0.3, 0.4) is 0 Å². The molecule has 0 unspecified atom stereocenters. The fourth-order valence-electron chi connectivity index (χ4n) is 1.30. The fourth-order valence-corrected chi connectivity index (χ4v) is 1.30. The van der Waals surface area contributed by atoms with E-state index >= 15 is 0 Å². The number of rotatable bonds is 3. The summed E-state index contributed by atoms with van der Waals surface area (Å²) in [6.07, 6.45) is 1.43. The fraction of sp³-hybridized carbons (Fsp3) is 0.0769. The van der Waals surface area contributed by atoms with Crippen LogP contribution in [0.25, 0.3) is 0 Å². The second kappa shape index (κ2) is 4.74. The smallest absolute Gasteiger partial charge is 0.219 e. The molecule has 0 aliphatic heterocycles. The van der Waals surface area contributed by atoms with E-state index < -0.39 is 0 Å². The van der Waals surface area contributed by atoms with Crippen LogP contribution in [0.5, 0.6) is 11.6 Å². The monoisotopic (exact) mass is 231 g/mol. The molecule has 1 aromatic carbocycles. The summed E-state index contributed by atoms with van der Waals surface area (Å²) >= 11 is 0. The van der Waals surface area contributed by atoms with Crippen molar-refractivity contribution in [3.05, 3.63) is 54.0 Å². The number of carbonyl (C=O) groups excluding carboxylic acids is 1. The molecule has 2 rings (SSSR count).